The summed E-state index contributed by atoms with van der Waals surface area (Å²) in [4.78, 5) is 18.9. The first kappa shape index (κ1) is 25.7. The van der Waals surface area contributed by atoms with Gasteiger partial charge >= 0.3 is 5.97 Å². The van der Waals surface area contributed by atoms with Gasteiger partial charge in [-0.15, -0.1) is 0 Å². The molecular formula is C29H38N4O3. The Bertz CT molecular complexity index is 1210. The zero-order valence-electron chi connectivity index (χ0n) is 22.4. The van der Waals surface area contributed by atoms with Gasteiger partial charge < -0.3 is 14.7 Å². The Morgan fingerprint density at radius 3 is 2.28 bits per heavy atom. The van der Waals surface area contributed by atoms with Gasteiger partial charge in [0.15, 0.2) is 0 Å². The molecule has 0 amide bonds. The molecular weight excluding hydrogens is 452 g/mol. The van der Waals surface area contributed by atoms with Crippen molar-refractivity contribution >= 4 is 11.7 Å². The molecule has 1 aliphatic rings. The van der Waals surface area contributed by atoms with Crippen LogP contribution in [0.15, 0.2) is 24.3 Å². The highest BCUT2D eigenvalue weighted by molar-refractivity contribution is 5.86. The normalized spacial score (nSPS) is 15.2. The molecule has 1 aromatic carbocycles. The summed E-state index contributed by atoms with van der Waals surface area (Å²) in [5.74, 6) is -0.0255. The number of ether oxygens (including phenoxy) is 1. The molecule has 1 aliphatic heterocycles. The Morgan fingerprint density at radius 1 is 1.03 bits per heavy atom. The molecule has 0 saturated carbocycles. The summed E-state index contributed by atoms with van der Waals surface area (Å²) < 4.78 is 6.03. The third-order valence-electron chi connectivity index (χ3n) is 7.46. The highest BCUT2D eigenvalue weighted by atomic mass is 16.5. The van der Waals surface area contributed by atoms with E-state index in [0.29, 0.717) is 12.0 Å². The summed E-state index contributed by atoms with van der Waals surface area (Å²) in [7, 11) is 0. The van der Waals surface area contributed by atoms with E-state index < -0.39 is 5.97 Å². The molecule has 0 atom stereocenters. The molecule has 7 heteroatoms. The Labute approximate surface area is 213 Å². The topological polar surface area (TPSA) is 91.3 Å². The summed E-state index contributed by atoms with van der Waals surface area (Å²) in [6.07, 6.45) is 2.91. The summed E-state index contributed by atoms with van der Waals surface area (Å²) in [6.45, 7) is 15.0. The molecule has 0 aliphatic carbocycles. The van der Waals surface area contributed by atoms with Crippen LogP contribution in [-0.4, -0.2) is 46.0 Å². The molecule has 0 bridgehead atoms. The van der Waals surface area contributed by atoms with Crippen molar-refractivity contribution in [2.24, 2.45) is 5.41 Å². The van der Waals surface area contributed by atoms with Crippen LogP contribution in [-0.2, 0) is 17.6 Å². The number of aryl methyl sites for hydroxylation is 4. The van der Waals surface area contributed by atoms with Crippen LogP contribution in [0.4, 0.5) is 5.69 Å². The Hall–Kier alpha value is -3.35. The fourth-order valence-corrected chi connectivity index (χ4v) is 5.19. The average Bonchev–Trinajstić information content (AvgIpc) is 3.13. The molecule has 192 valence electrons. The fourth-order valence-electron chi connectivity index (χ4n) is 5.19. The quantitative estimate of drug-likeness (QED) is 0.428. The molecule has 1 saturated heterocycles. The molecule has 1 fully saturated rings. The van der Waals surface area contributed by atoms with Crippen LogP contribution in [0.3, 0.4) is 0 Å². The van der Waals surface area contributed by atoms with E-state index in [4.69, 9.17) is 9.72 Å². The lowest BCUT2D eigenvalue weighted by Gasteiger charge is -2.40. The molecule has 36 heavy (non-hydrogen) atoms. The van der Waals surface area contributed by atoms with Gasteiger partial charge in [0.2, 0.25) is 0 Å². The number of benzene rings is 1. The van der Waals surface area contributed by atoms with Gasteiger partial charge in [-0.3, -0.25) is 14.9 Å². The maximum Gasteiger partial charge on any atom is 0.307 e. The van der Waals surface area contributed by atoms with E-state index in [1.165, 1.54) is 5.56 Å². The number of nitrogens with one attached hydrogen (secondary N) is 1. The molecule has 4 rings (SSSR count). The van der Waals surface area contributed by atoms with Gasteiger partial charge in [0.1, 0.15) is 5.75 Å². The Kier molecular flexibility index (Phi) is 7.38. The van der Waals surface area contributed by atoms with Gasteiger partial charge in [0.05, 0.1) is 24.4 Å². The minimum absolute atomic E-state index is 0.0324. The fraction of sp³-hybridized carbons (Fsp3) is 0.483. The van der Waals surface area contributed by atoms with E-state index in [1.54, 1.807) is 0 Å². The maximum atomic E-state index is 11.8. The summed E-state index contributed by atoms with van der Waals surface area (Å²) in [5, 5.41) is 17.0. The number of pyridine rings is 1. The smallest absolute Gasteiger partial charge is 0.307 e. The van der Waals surface area contributed by atoms with Crippen molar-refractivity contribution in [3.63, 3.8) is 0 Å². The van der Waals surface area contributed by atoms with Crippen LogP contribution in [0.1, 0.15) is 60.6 Å². The van der Waals surface area contributed by atoms with Crippen LogP contribution < -0.4 is 9.64 Å². The monoisotopic (exact) mass is 490 g/mol. The number of piperidine rings is 1. The van der Waals surface area contributed by atoms with Crippen molar-refractivity contribution in [1.82, 2.24) is 15.2 Å². The van der Waals surface area contributed by atoms with Crippen molar-refractivity contribution in [1.29, 1.82) is 0 Å². The van der Waals surface area contributed by atoms with E-state index in [1.807, 2.05) is 39.8 Å². The van der Waals surface area contributed by atoms with E-state index >= 15 is 0 Å². The summed E-state index contributed by atoms with van der Waals surface area (Å²) in [5.41, 5.74) is 9.20. The van der Waals surface area contributed by atoms with Crippen molar-refractivity contribution in [2.75, 3.05) is 24.6 Å². The Morgan fingerprint density at radius 2 is 1.69 bits per heavy atom. The number of aliphatic carboxylic acids is 1. The molecule has 3 heterocycles. The number of hydrogen-bond donors (Lipinski definition) is 2. The minimum Gasteiger partial charge on any atom is -0.493 e. The second-order valence-corrected chi connectivity index (χ2v) is 10.7. The predicted octanol–water partition coefficient (Wildman–Crippen LogP) is 5.58. The number of hydrogen-bond acceptors (Lipinski definition) is 5. The first-order chi connectivity index (χ1) is 17.1. The van der Waals surface area contributed by atoms with E-state index in [9.17, 15) is 9.90 Å². The Balaban J connectivity index is 1.63. The lowest BCUT2D eigenvalue weighted by atomic mass is 9.82. The second-order valence-electron chi connectivity index (χ2n) is 10.7. The van der Waals surface area contributed by atoms with Crippen LogP contribution >= 0.6 is 0 Å². The van der Waals surface area contributed by atoms with Gasteiger partial charge in [0.25, 0.3) is 0 Å². The number of H-pyrrole nitrogens is 1. The molecule has 0 spiro atoms. The van der Waals surface area contributed by atoms with Gasteiger partial charge in [-0.1, -0.05) is 26.0 Å². The molecule has 2 N–H and O–H groups in total. The SMILES string of the molecule is Cc1n[nH]c(C)c1CCOc1ccc(-c2c(C)nc(C)c(CC(=O)O)c2N2CCC(C)(C)CC2)cc1. The zero-order valence-corrected chi connectivity index (χ0v) is 22.4. The number of aromatic amines is 1. The van der Waals surface area contributed by atoms with Crippen molar-refractivity contribution in [2.45, 2.75) is 67.2 Å². The van der Waals surface area contributed by atoms with Gasteiger partial charge in [0, 0.05) is 47.7 Å². The van der Waals surface area contributed by atoms with Gasteiger partial charge in [-0.25, -0.2) is 0 Å². The largest absolute Gasteiger partial charge is 0.493 e. The highest BCUT2D eigenvalue weighted by Gasteiger charge is 2.30. The van der Waals surface area contributed by atoms with Crippen molar-refractivity contribution in [3.05, 3.63) is 58.2 Å². The molecule has 0 unspecified atom stereocenters. The minimum atomic E-state index is -0.833. The van der Waals surface area contributed by atoms with Gasteiger partial charge in [-0.05, 0) is 69.2 Å². The van der Waals surface area contributed by atoms with Crippen molar-refractivity contribution < 1.29 is 14.6 Å². The van der Waals surface area contributed by atoms with Crippen LogP contribution in [0, 0.1) is 33.1 Å². The number of carboxylic acid groups (broad SMARTS) is 1. The summed E-state index contributed by atoms with van der Waals surface area (Å²) in [6, 6.07) is 8.10. The third-order valence-corrected chi connectivity index (χ3v) is 7.46. The highest BCUT2D eigenvalue weighted by Crippen LogP contribution is 2.41. The lowest BCUT2D eigenvalue weighted by molar-refractivity contribution is -0.136. The molecule has 0 radical (unpaired) electrons. The number of nitrogens with zero attached hydrogens (tertiary/aromatic N) is 3. The first-order valence-electron chi connectivity index (χ1n) is 12.8. The lowest BCUT2D eigenvalue weighted by Crippen LogP contribution is -2.38. The van der Waals surface area contributed by atoms with Crippen LogP contribution in [0.5, 0.6) is 5.75 Å². The maximum absolute atomic E-state index is 11.8. The molecule has 3 aromatic rings. The van der Waals surface area contributed by atoms with Crippen LogP contribution in [0.2, 0.25) is 0 Å². The number of anilines is 1. The standard InChI is InChI=1S/C29H38N4O3/c1-18-25(17-26(34)35)28(33-14-12-29(5,6)13-15-33)27(21(4)30-18)22-7-9-23(10-8-22)36-16-11-24-19(2)31-32-20(24)3/h7-10H,11-17H2,1-6H3,(H,31,32)(H,34,35). The van der Waals surface area contributed by atoms with E-state index in [0.717, 1.165) is 83.3 Å². The second kappa shape index (κ2) is 10.3. The van der Waals surface area contributed by atoms with E-state index in [-0.39, 0.29) is 6.42 Å². The average molecular weight is 491 g/mol. The zero-order chi connectivity index (χ0) is 26.0. The number of carboxylic acids is 1. The molecule has 7 nitrogen and oxygen atoms in total. The van der Waals surface area contributed by atoms with Gasteiger partial charge in [-0.2, -0.15) is 5.10 Å². The van der Waals surface area contributed by atoms with E-state index in [2.05, 4.69) is 41.1 Å². The third kappa shape index (κ3) is 5.55. The first-order valence-corrected chi connectivity index (χ1v) is 12.8. The number of rotatable bonds is 8. The van der Waals surface area contributed by atoms with Crippen LogP contribution in [0.25, 0.3) is 11.1 Å². The molecule has 2 aromatic heterocycles. The predicted molar refractivity (Wildman–Crippen MR) is 143 cm³/mol. The number of aromatic nitrogens is 3. The van der Waals surface area contributed by atoms with Crippen molar-refractivity contribution in [3.8, 4) is 16.9 Å². The number of carbonyl (C=O) groups is 1. The summed E-state index contributed by atoms with van der Waals surface area (Å²) >= 11 is 0.